The Morgan fingerprint density at radius 2 is 1.85 bits per heavy atom. The first-order valence-corrected chi connectivity index (χ1v) is 11.9. The number of rotatable bonds is 9. The molecule has 34 heavy (non-hydrogen) atoms. The van der Waals surface area contributed by atoms with Gasteiger partial charge in [-0.25, -0.2) is 4.39 Å². The molecule has 0 aliphatic heterocycles. The molecule has 0 N–H and O–H groups in total. The number of hydrogen-bond donors (Lipinski definition) is 0. The van der Waals surface area contributed by atoms with Gasteiger partial charge < -0.3 is 9.30 Å². The van der Waals surface area contributed by atoms with Crippen molar-refractivity contribution >= 4 is 17.5 Å². The minimum Gasteiger partial charge on any atom is -0.494 e. The van der Waals surface area contributed by atoms with Gasteiger partial charge in [0.05, 0.1) is 12.9 Å². The molecule has 9 heteroatoms. The van der Waals surface area contributed by atoms with Crippen molar-refractivity contribution in [2.75, 3.05) is 12.9 Å². The van der Waals surface area contributed by atoms with Crippen molar-refractivity contribution < 1.29 is 13.9 Å². The second kappa shape index (κ2) is 10.2. The summed E-state index contributed by atoms with van der Waals surface area (Å²) in [6, 6.07) is 14.2. The fourth-order valence-electron chi connectivity index (χ4n) is 3.91. The van der Waals surface area contributed by atoms with E-state index in [9.17, 15) is 9.18 Å². The van der Waals surface area contributed by atoms with Crippen molar-refractivity contribution in [3.05, 3.63) is 82.4 Å². The third-order valence-corrected chi connectivity index (χ3v) is 6.67. The fraction of sp³-hybridized carbons (Fsp3) is 0.280. The Bertz CT molecular complexity index is 1310. The molecule has 0 saturated heterocycles. The summed E-state index contributed by atoms with van der Waals surface area (Å²) in [4.78, 5) is 13.1. The highest BCUT2D eigenvalue weighted by Gasteiger charge is 2.19. The number of methoxy groups -OCH3 is 1. The maximum atomic E-state index is 13.2. The quantitative estimate of drug-likeness (QED) is 0.255. The maximum absolute atomic E-state index is 13.2. The minimum atomic E-state index is -0.241. The van der Waals surface area contributed by atoms with Crippen molar-refractivity contribution in [2.24, 2.45) is 0 Å². The molecule has 7 nitrogen and oxygen atoms in total. The third kappa shape index (κ3) is 5.04. The molecule has 0 aliphatic rings. The van der Waals surface area contributed by atoms with E-state index in [2.05, 4.69) is 20.1 Å². The first kappa shape index (κ1) is 23.7. The van der Waals surface area contributed by atoms with Crippen LogP contribution in [-0.2, 0) is 13.0 Å². The van der Waals surface area contributed by atoms with Crippen LogP contribution in [-0.4, -0.2) is 43.4 Å². The van der Waals surface area contributed by atoms with Gasteiger partial charge in [-0.3, -0.25) is 4.79 Å². The van der Waals surface area contributed by atoms with Crippen LogP contribution in [0.15, 0.2) is 53.7 Å². The monoisotopic (exact) mass is 479 g/mol. The molecule has 0 aliphatic carbocycles. The van der Waals surface area contributed by atoms with E-state index in [0.717, 1.165) is 41.2 Å². The summed E-state index contributed by atoms with van der Waals surface area (Å²) in [6.07, 6.45) is 0.756. The number of ketones is 1. The van der Waals surface area contributed by atoms with E-state index in [-0.39, 0.29) is 17.4 Å². The van der Waals surface area contributed by atoms with Gasteiger partial charge in [-0.15, -0.1) is 5.10 Å². The van der Waals surface area contributed by atoms with Gasteiger partial charge in [-0.1, -0.05) is 30.0 Å². The summed E-state index contributed by atoms with van der Waals surface area (Å²) in [5.74, 6) is 0.624. The van der Waals surface area contributed by atoms with Gasteiger partial charge in [-0.2, -0.15) is 4.68 Å². The van der Waals surface area contributed by atoms with E-state index in [4.69, 9.17) is 4.74 Å². The maximum Gasteiger partial charge on any atom is 0.214 e. The summed E-state index contributed by atoms with van der Waals surface area (Å²) in [5.41, 5.74) is 5.45. The highest BCUT2D eigenvalue weighted by molar-refractivity contribution is 7.99. The average molecular weight is 480 g/mol. The highest BCUT2D eigenvalue weighted by atomic mass is 32.2. The Kier molecular flexibility index (Phi) is 7.12. The van der Waals surface area contributed by atoms with Gasteiger partial charge in [0.15, 0.2) is 5.78 Å². The SMILES string of the molecule is COc1ccc(C)cc1-n1nnnc1SCC(=O)c1cc(C)n(CCc2ccc(F)cc2)c1C. The number of nitrogens with zero attached hydrogens (tertiary/aromatic N) is 5. The van der Waals surface area contributed by atoms with Crippen LogP contribution in [0.1, 0.15) is 32.9 Å². The van der Waals surface area contributed by atoms with E-state index < -0.39 is 0 Å². The topological polar surface area (TPSA) is 74.8 Å². The number of aromatic nitrogens is 5. The second-order valence-corrected chi connectivity index (χ2v) is 9.02. The number of thioether (sulfide) groups is 1. The normalized spacial score (nSPS) is 11.1. The molecule has 0 bridgehead atoms. The molecule has 4 rings (SSSR count). The summed E-state index contributed by atoms with van der Waals surface area (Å²) in [6.45, 7) is 6.65. The summed E-state index contributed by atoms with van der Waals surface area (Å²) < 4.78 is 22.3. The van der Waals surface area contributed by atoms with Crippen LogP contribution in [0.2, 0.25) is 0 Å². The number of ether oxygens (including phenoxy) is 1. The number of aryl methyl sites for hydroxylation is 3. The Morgan fingerprint density at radius 3 is 2.59 bits per heavy atom. The number of carbonyl (C=O) groups is 1. The molecule has 0 atom stereocenters. The lowest BCUT2D eigenvalue weighted by Crippen LogP contribution is -2.09. The molecule has 4 aromatic rings. The van der Waals surface area contributed by atoms with Crippen LogP contribution in [0.25, 0.3) is 5.69 Å². The summed E-state index contributed by atoms with van der Waals surface area (Å²) >= 11 is 1.29. The molecule has 0 spiro atoms. The predicted octanol–water partition coefficient (Wildman–Crippen LogP) is 4.75. The largest absolute Gasteiger partial charge is 0.494 e. The second-order valence-electron chi connectivity index (χ2n) is 8.07. The van der Waals surface area contributed by atoms with Crippen LogP contribution in [0.5, 0.6) is 5.75 Å². The number of carbonyl (C=O) groups excluding carboxylic acids is 1. The van der Waals surface area contributed by atoms with Crippen LogP contribution in [0.3, 0.4) is 0 Å². The lowest BCUT2D eigenvalue weighted by atomic mass is 10.1. The fourth-order valence-corrected chi connectivity index (χ4v) is 4.68. The van der Waals surface area contributed by atoms with Crippen LogP contribution in [0.4, 0.5) is 4.39 Å². The van der Waals surface area contributed by atoms with E-state index in [0.29, 0.717) is 16.5 Å². The molecular weight excluding hydrogens is 453 g/mol. The van der Waals surface area contributed by atoms with Gasteiger partial charge in [0.1, 0.15) is 17.3 Å². The molecule has 2 aromatic heterocycles. The lowest BCUT2D eigenvalue weighted by molar-refractivity contribution is 0.102. The lowest BCUT2D eigenvalue weighted by Gasteiger charge is -2.11. The summed E-state index contributed by atoms with van der Waals surface area (Å²) in [5, 5.41) is 12.5. The van der Waals surface area contributed by atoms with Crippen molar-refractivity contribution in [3.63, 3.8) is 0 Å². The van der Waals surface area contributed by atoms with E-state index in [1.165, 1.54) is 23.9 Å². The molecule has 2 aromatic carbocycles. The zero-order valence-corrected chi connectivity index (χ0v) is 20.4. The van der Waals surface area contributed by atoms with Crippen LogP contribution < -0.4 is 4.74 Å². The molecule has 0 saturated carbocycles. The first-order chi connectivity index (χ1) is 16.4. The van der Waals surface area contributed by atoms with Gasteiger partial charge in [-0.05, 0) is 79.1 Å². The van der Waals surface area contributed by atoms with Crippen molar-refractivity contribution in [3.8, 4) is 11.4 Å². The Morgan fingerprint density at radius 1 is 1.09 bits per heavy atom. The Balaban J connectivity index is 1.47. The zero-order chi connectivity index (χ0) is 24.2. The van der Waals surface area contributed by atoms with E-state index >= 15 is 0 Å². The standard InChI is InChI=1S/C25H26FN5O2S/c1-16-5-10-24(33-4)22(13-16)31-25(27-28-29-31)34-15-23(32)21-14-17(2)30(18(21)3)12-11-19-6-8-20(26)9-7-19/h5-10,13-14H,11-12,15H2,1-4H3. The van der Waals surface area contributed by atoms with Crippen LogP contribution >= 0.6 is 11.8 Å². The first-order valence-electron chi connectivity index (χ1n) is 10.9. The van der Waals surface area contributed by atoms with Crippen LogP contribution in [0, 0.1) is 26.6 Å². The van der Waals surface area contributed by atoms with Crippen molar-refractivity contribution in [1.82, 2.24) is 24.8 Å². The number of Topliss-reactive ketones (excluding diaryl/α,β-unsaturated/α-hetero) is 1. The molecule has 0 radical (unpaired) electrons. The number of benzene rings is 2. The highest BCUT2D eigenvalue weighted by Crippen LogP contribution is 2.28. The zero-order valence-electron chi connectivity index (χ0n) is 19.6. The van der Waals surface area contributed by atoms with Gasteiger partial charge >= 0.3 is 0 Å². The Hall–Kier alpha value is -3.46. The molecule has 2 heterocycles. The van der Waals surface area contributed by atoms with Gasteiger partial charge in [0.25, 0.3) is 0 Å². The van der Waals surface area contributed by atoms with Gasteiger partial charge in [0, 0.05) is 23.5 Å². The van der Waals surface area contributed by atoms with E-state index in [1.807, 2.05) is 45.0 Å². The Labute approximate surface area is 201 Å². The molecule has 176 valence electrons. The molecule has 0 unspecified atom stereocenters. The molecular formula is C25H26FN5O2S. The predicted molar refractivity (Wildman–Crippen MR) is 130 cm³/mol. The number of hydrogen-bond acceptors (Lipinski definition) is 6. The number of tetrazole rings is 1. The van der Waals surface area contributed by atoms with Crippen molar-refractivity contribution in [2.45, 2.75) is 38.9 Å². The van der Waals surface area contributed by atoms with Gasteiger partial charge in [0.2, 0.25) is 5.16 Å². The third-order valence-electron chi connectivity index (χ3n) is 5.75. The number of halogens is 1. The average Bonchev–Trinajstić information content (AvgIpc) is 3.41. The molecule has 0 amide bonds. The van der Waals surface area contributed by atoms with E-state index in [1.54, 1.807) is 23.9 Å². The smallest absolute Gasteiger partial charge is 0.214 e. The summed E-state index contributed by atoms with van der Waals surface area (Å²) in [7, 11) is 1.60. The molecule has 0 fully saturated rings. The minimum absolute atomic E-state index is 0.0110. The van der Waals surface area contributed by atoms with Crippen molar-refractivity contribution in [1.29, 1.82) is 0 Å².